The topological polar surface area (TPSA) is 52.5 Å². The minimum atomic E-state index is -0.107. The molecule has 146 valence electrons. The van der Waals surface area contributed by atoms with Crippen molar-refractivity contribution < 1.29 is 14.3 Å². The molecule has 0 aliphatic carbocycles. The van der Waals surface area contributed by atoms with Gasteiger partial charge in [-0.2, -0.15) is 0 Å². The van der Waals surface area contributed by atoms with Crippen molar-refractivity contribution in [3.63, 3.8) is 0 Å². The Kier molecular flexibility index (Phi) is 5.18. The second kappa shape index (κ2) is 7.76. The first-order valence-electron chi connectivity index (χ1n) is 9.50. The first-order valence-corrected chi connectivity index (χ1v) is 9.88. The van der Waals surface area contributed by atoms with E-state index in [1.807, 2.05) is 47.0 Å². The highest BCUT2D eigenvalue weighted by Gasteiger charge is 2.26. The number of rotatable bonds is 6. The number of halogens is 1. The number of nitrogens with zero attached hydrogens (tertiary/aromatic N) is 1. The van der Waals surface area contributed by atoms with Gasteiger partial charge in [-0.3, -0.25) is 4.79 Å². The van der Waals surface area contributed by atoms with E-state index in [0.717, 1.165) is 34.4 Å². The molecule has 2 aromatic carbocycles. The summed E-state index contributed by atoms with van der Waals surface area (Å²) >= 11 is 6.37. The molecule has 1 aliphatic rings. The van der Waals surface area contributed by atoms with Crippen molar-refractivity contribution in [2.45, 2.75) is 32.4 Å². The van der Waals surface area contributed by atoms with Crippen molar-refractivity contribution in [1.29, 1.82) is 0 Å². The van der Waals surface area contributed by atoms with Crippen LogP contribution in [0.15, 0.2) is 42.5 Å². The van der Waals surface area contributed by atoms with Crippen LogP contribution in [0.2, 0.25) is 5.02 Å². The van der Waals surface area contributed by atoms with E-state index in [0.29, 0.717) is 30.2 Å². The molecule has 5 nitrogen and oxygen atoms in total. The van der Waals surface area contributed by atoms with Gasteiger partial charge in [0.1, 0.15) is 23.3 Å². The Morgan fingerprint density at radius 3 is 2.93 bits per heavy atom. The maximum atomic E-state index is 12.9. The van der Waals surface area contributed by atoms with Gasteiger partial charge in [0.25, 0.3) is 5.91 Å². The van der Waals surface area contributed by atoms with Crippen LogP contribution in [-0.4, -0.2) is 30.2 Å². The highest BCUT2D eigenvalue weighted by molar-refractivity contribution is 6.36. The molecule has 0 bridgehead atoms. The number of aromatic nitrogens is 1. The van der Waals surface area contributed by atoms with Crippen LogP contribution in [0.25, 0.3) is 10.9 Å². The second-order valence-corrected chi connectivity index (χ2v) is 7.32. The summed E-state index contributed by atoms with van der Waals surface area (Å²) in [5.41, 5.74) is 2.58. The van der Waals surface area contributed by atoms with Crippen LogP contribution in [0.1, 0.15) is 29.4 Å². The van der Waals surface area contributed by atoms with Crippen LogP contribution < -0.4 is 14.8 Å². The highest BCUT2D eigenvalue weighted by Crippen LogP contribution is 2.38. The van der Waals surface area contributed by atoms with Crippen LogP contribution in [0.3, 0.4) is 0 Å². The van der Waals surface area contributed by atoms with Crippen LogP contribution in [0.5, 0.6) is 11.5 Å². The molecule has 1 N–H and O–H groups in total. The van der Waals surface area contributed by atoms with Gasteiger partial charge in [-0.05, 0) is 42.7 Å². The van der Waals surface area contributed by atoms with Crippen molar-refractivity contribution in [1.82, 2.24) is 9.88 Å². The minimum Gasteiger partial charge on any atom is -0.496 e. The quantitative estimate of drug-likeness (QED) is 0.667. The maximum absolute atomic E-state index is 12.9. The third-order valence-electron chi connectivity index (χ3n) is 5.21. The fourth-order valence-electron chi connectivity index (χ4n) is 3.73. The Morgan fingerprint density at radius 2 is 2.14 bits per heavy atom. The molecule has 28 heavy (non-hydrogen) atoms. The Hall–Kier alpha value is -2.66. The molecular weight excluding hydrogens is 376 g/mol. The molecule has 2 heterocycles. The number of amides is 1. The number of carbonyl (C=O) groups excluding carboxylic acids is 1. The van der Waals surface area contributed by atoms with E-state index in [1.54, 1.807) is 7.11 Å². The molecule has 0 saturated carbocycles. The Balaban J connectivity index is 1.57. The van der Waals surface area contributed by atoms with Crippen LogP contribution >= 0.6 is 11.6 Å². The fraction of sp³-hybridized carbons (Fsp3) is 0.318. The van der Waals surface area contributed by atoms with Crippen molar-refractivity contribution in [3.8, 4) is 11.5 Å². The van der Waals surface area contributed by atoms with Crippen molar-refractivity contribution >= 4 is 28.4 Å². The molecule has 0 radical (unpaired) electrons. The number of hydrogen-bond donors (Lipinski definition) is 1. The zero-order valence-corrected chi connectivity index (χ0v) is 16.8. The highest BCUT2D eigenvalue weighted by atomic mass is 35.5. The van der Waals surface area contributed by atoms with E-state index in [9.17, 15) is 4.79 Å². The molecule has 3 aromatic rings. The Bertz CT molecular complexity index is 1030. The zero-order chi connectivity index (χ0) is 19.7. The largest absolute Gasteiger partial charge is 0.496 e. The van der Waals surface area contributed by atoms with Crippen LogP contribution in [0, 0.1) is 0 Å². The summed E-state index contributed by atoms with van der Waals surface area (Å²) in [6, 6.07) is 13.4. The summed E-state index contributed by atoms with van der Waals surface area (Å²) in [4.78, 5) is 12.9. The lowest BCUT2D eigenvalue weighted by Gasteiger charge is -2.26. The lowest BCUT2D eigenvalue weighted by atomic mass is 10.1. The van der Waals surface area contributed by atoms with Gasteiger partial charge in [0.15, 0.2) is 0 Å². The smallest absolute Gasteiger partial charge is 0.267 e. The molecule has 1 atom stereocenters. The van der Waals surface area contributed by atoms with Gasteiger partial charge in [0.05, 0.1) is 24.2 Å². The number of nitrogens with one attached hydrogen (secondary N) is 1. The third-order valence-corrected chi connectivity index (χ3v) is 5.54. The minimum absolute atomic E-state index is 0.0457. The Morgan fingerprint density at radius 1 is 1.32 bits per heavy atom. The molecule has 0 spiro atoms. The summed E-state index contributed by atoms with van der Waals surface area (Å²) in [5.74, 6) is 1.51. The predicted octanol–water partition coefficient (Wildman–Crippen LogP) is 4.45. The molecule has 0 unspecified atom stereocenters. The summed E-state index contributed by atoms with van der Waals surface area (Å²) in [5, 5.41) is 4.51. The van der Waals surface area contributed by atoms with Gasteiger partial charge >= 0.3 is 0 Å². The second-order valence-electron chi connectivity index (χ2n) is 6.91. The molecule has 6 heteroatoms. The number of methoxy groups -OCH3 is 1. The molecule has 1 aliphatic heterocycles. The summed E-state index contributed by atoms with van der Waals surface area (Å²) in [7, 11) is 1.65. The number of carbonyl (C=O) groups is 1. The Labute approximate surface area is 169 Å². The number of hydrogen-bond acceptors (Lipinski definition) is 3. The van der Waals surface area contributed by atoms with Crippen LogP contribution in [0.4, 0.5) is 0 Å². The monoisotopic (exact) mass is 398 g/mol. The van der Waals surface area contributed by atoms with Crippen LogP contribution in [-0.2, 0) is 13.0 Å². The van der Waals surface area contributed by atoms with Gasteiger partial charge in [0, 0.05) is 11.9 Å². The first kappa shape index (κ1) is 18.7. The molecule has 1 amide bonds. The standard InChI is InChI=1S/C22H23ClN2O3/c1-3-15-13-25-18(12-16-17(23)8-9-20(28-15)21(16)25)22(26)24-11-10-14-6-4-5-7-19(14)27-2/h4-9,12,15H,3,10-11,13H2,1-2H3,(H,24,26)/t15-/m0/s1. The average Bonchev–Trinajstić information content (AvgIpc) is 3.12. The molecular formula is C22H23ClN2O3. The van der Waals surface area contributed by atoms with E-state index >= 15 is 0 Å². The lowest BCUT2D eigenvalue weighted by Crippen LogP contribution is -2.32. The van der Waals surface area contributed by atoms with Gasteiger partial charge in [-0.15, -0.1) is 0 Å². The van der Waals surface area contributed by atoms with Gasteiger partial charge in [-0.1, -0.05) is 36.7 Å². The summed E-state index contributed by atoms with van der Waals surface area (Å²) in [6.07, 6.45) is 1.61. The zero-order valence-electron chi connectivity index (χ0n) is 16.0. The van der Waals surface area contributed by atoms with E-state index in [2.05, 4.69) is 12.2 Å². The fourth-order valence-corrected chi connectivity index (χ4v) is 3.94. The first-order chi connectivity index (χ1) is 13.6. The van der Waals surface area contributed by atoms with Crippen molar-refractivity contribution in [3.05, 3.63) is 58.7 Å². The van der Waals surface area contributed by atoms with E-state index in [4.69, 9.17) is 21.1 Å². The molecule has 4 rings (SSSR count). The molecule has 1 aromatic heterocycles. The number of benzene rings is 2. The average molecular weight is 399 g/mol. The summed E-state index contributed by atoms with van der Waals surface area (Å²) < 4.78 is 13.5. The number of ether oxygens (including phenoxy) is 2. The SMILES string of the molecule is CC[C@H]1Cn2c(C(=O)NCCc3ccccc3OC)cc3c(Cl)ccc(c32)O1. The van der Waals surface area contributed by atoms with Gasteiger partial charge in [-0.25, -0.2) is 0 Å². The lowest BCUT2D eigenvalue weighted by molar-refractivity contribution is 0.0938. The third kappa shape index (κ3) is 3.31. The van der Waals surface area contributed by atoms with Gasteiger partial charge < -0.3 is 19.4 Å². The predicted molar refractivity (Wildman–Crippen MR) is 111 cm³/mol. The normalized spacial score (nSPS) is 15.3. The molecule has 0 saturated heterocycles. The van der Waals surface area contributed by atoms with Crippen molar-refractivity contribution in [2.24, 2.45) is 0 Å². The van der Waals surface area contributed by atoms with E-state index in [1.165, 1.54) is 0 Å². The van der Waals surface area contributed by atoms with E-state index in [-0.39, 0.29) is 12.0 Å². The van der Waals surface area contributed by atoms with E-state index < -0.39 is 0 Å². The molecule has 0 fully saturated rings. The van der Waals surface area contributed by atoms with Gasteiger partial charge in [0.2, 0.25) is 0 Å². The van der Waals surface area contributed by atoms with Crippen molar-refractivity contribution in [2.75, 3.05) is 13.7 Å². The maximum Gasteiger partial charge on any atom is 0.267 e. The number of para-hydroxylation sites is 1. The summed E-state index contributed by atoms with van der Waals surface area (Å²) in [6.45, 7) is 3.25.